The smallest absolute Gasteiger partial charge is 0.251 e. The second kappa shape index (κ2) is 7.53. The fourth-order valence-electron chi connectivity index (χ4n) is 3.04. The van der Waals surface area contributed by atoms with E-state index in [1.165, 1.54) is 24.3 Å². The molecular formula is C20H15ClFN3O3. The van der Waals surface area contributed by atoms with Gasteiger partial charge in [-0.15, -0.1) is 0 Å². The van der Waals surface area contributed by atoms with Gasteiger partial charge < -0.3 is 14.9 Å². The highest BCUT2D eigenvalue weighted by molar-refractivity contribution is 6.30. The third kappa shape index (κ3) is 3.54. The molecule has 8 heteroatoms. The lowest BCUT2D eigenvalue weighted by Crippen LogP contribution is -2.31. The van der Waals surface area contributed by atoms with Crippen molar-refractivity contribution >= 4 is 23.1 Å². The summed E-state index contributed by atoms with van der Waals surface area (Å²) in [7, 11) is 0. The summed E-state index contributed by atoms with van der Waals surface area (Å²) < 4.78 is 18.3. The van der Waals surface area contributed by atoms with Crippen molar-refractivity contribution in [2.24, 2.45) is 0 Å². The maximum atomic E-state index is 13.0. The van der Waals surface area contributed by atoms with Gasteiger partial charge in [-0.1, -0.05) is 28.9 Å². The highest BCUT2D eigenvalue weighted by atomic mass is 35.5. The van der Waals surface area contributed by atoms with Gasteiger partial charge in [0.1, 0.15) is 11.9 Å². The topological polar surface area (TPSA) is 88.2 Å². The van der Waals surface area contributed by atoms with Gasteiger partial charge in [0.05, 0.1) is 6.61 Å². The first-order valence-electron chi connectivity index (χ1n) is 8.55. The molecule has 6 nitrogen and oxygen atoms in total. The number of aliphatic hydroxyl groups is 1. The van der Waals surface area contributed by atoms with Crippen LogP contribution in [0.15, 0.2) is 53.1 Å². The van der Waals surface area contributed by atoms with Crippen LogP contribution >= 0.6 is 11.6 Å². The number of aromatic nitrogens is 2. The van der Waals surface area contributed by atoms with Crippen molar-refractivity contribution < 1.29 is 18.8 Å². The molecule has 1 aromatic heterocycles. The number of aliphatic hydroxyl groups excluding tert-OH is 1. The molecule has 28 heavy (non-hydrogen) atoms. The quantitative estimate of drug-likeness (QED) is 0.687. The molecular weight excluding hydrogens is 385 g/mol. The number of hydrogen-bond donors (Lipinski definition) is 2. The summed E-state index contributed by atoms with van der Waals surface area (Å²) >= 11 is 6.03. The number of amides is 1. The fourth-order valence-corrected chi connectivity index (χ4v) is 3.24. The van der Waals surface area contributed by atoms with Crippen molar-refractivity contribution in [2.45, 2.75) is 12.5 Å². The minimum atomic E-state index is -0.884. The first kappa shape index (κ1) is 18.3. The molecule has 0 fully saturated rings. The van der Waals surface area contributed by atoms with Crippen molar-refractivity contribution in [3.8, 4) is 0 Å². The van der Waals surface area contributed by atoms with Crippen LogP contribution in [0.4, 0.5) is 4.39 Å². The molecule has 0 spiro atoms. The summed E-state index contributed by atoms with van der Waals surface area (Å²) in [5, 5.41) is 16.9. The number of benzene rings is 2. The second-order valence-corrected chi connectivity index (χ2v) is 6.73. The van der Waals surface area contributed by atoms with Crippen LogP contribution in [0.2, 0.25) is 5.02 Å². The number of halogens is 2. The van der Waals surface area contributed by atoms with Gasteiger partial charge in [0, 0.05) is 16.2 Å². The van der Waals surface area contributed by atoms with Gasteiger partial charge in [-0.2, -0.15) is 4.98 Å². The molecule has 0 radical (unpaired) electrons. The van der Waals surface area contributed by atoms with Crippen LogP contribution in [0.5, 0.6) is 0 Å². The zero-order valence-electron chi connectivity index (χ0n) is 14.5. The number of hydrogen-bond acceptors (Lipinski definition) is 5. The molecule has 3 aromatic rings. The van der Waals surface area contributed by atoms with Gasteiger partial charge in [0.15, 0.2) is 0 Å². The summed E-state index contributed by atoms with van der Waals surface area (Å²) in [5.74, 6) is -0.482. The van der Waals surface area contributed by atoms with Gasteiger partial charge >= 0.3 is 0 Å². The Balaban J connectivity index is 1.53. The van der Waals surface area contributed by atoms with E-state index in [1.54, 1.807) is 6.07 Å². The van der Waals surface area contributed by atoms with Crippen molar-refractivity contribution in [2.75, 3.05) is 6.61 Å². The zero-order valence-corrected chi connectivity index (χ0v) is 15.3. The van der Waals surface area contributed by atoms with E-state index in [0.29, 0.717) is 17.3 Å². The van der Waals surface area contributed by atoms with Crippen LogP contribution in [0.25, 0.3) is 5.57 Å². The maximum Gasteiger partial charge on any atom is 0.251 e. The third-order valence-electron chi connectivity index (χ3n) is 4.46. The number of rotatable bonds is 5. The predicted octanol–water partition coefficient (Wildman–Crippen LogP) is 3.31. The van der Waals surface area contributed by atoms with Crippen LogP contribution in [0, 0.1) is 5.82 Å². The fraction of sp³-hybridized carbons (Fsp3) is 0.150. The first-order chi connectivity index (χ1) is 13.5. The lowest BCUT2D eigenvalue weighted by atomic mass is 10.1. The maximum absolute atomic E-state index is 13.0. The van der Waals surface area contributed by atoms with E-state index in [9.17, 15) is 14.3 Å². The van der Waals surface area contributed by atoms with Gasteiger partial charge in [0.25, 0.3) is 11.8 Å². The van der Waals surface area contributed by atoms with Gasteiger partial charge in [-0.05, 0) is 53.9 Å². The molecule has 1 aliphatic rings. The summed E-state index contributed by atoms with van der Waals surface area (Å²) in [6.07, 6.45) is 2.68. The standard InChI is InChI=1S/C20H15ClFN3O3/c21-13-4-8-15-12(9-13)3-7-16(15)18-24-20(28-25-18)17(10-26)23-19(27)11-1-5-14(22)6-2-11/h1-2,4-9,17,26H,3,10H2,(H,23,27)/t17-/m0/s1. The van der Waals surface area contributed by atoms with Crippen molar-refractivity contribution in [3.63, 3.8) is 0 Å². The van der Waals surface area contributed by atoms with E-state index in [1.807, 2.05) is 18.2 Å². The predicted molar refractivity (Wildman–Crippen MR) is 100 cm³/mol. The van der Waals surface area contributed by atoms with Gasteiger partial charge in [-0.3, -0.25) is 4.79 Å². The largest absolute Gasteiger partial charge is 0.394 e. The molecule has 2 aromatic carbocycles. The number of carbonyl (C=O) groups is 1. The Morgan fingerprint density at radius 1 is 1.29 bits per heavy atom. The number of allylic oxidation sites excluding steroid dienone is 1. The lowest BCUT2D eigenvalue weighted by molar-refractivity contribution is 0.0901. The third-order valence-corrected chi connectivity index (χ3v) is 4.69. The van der Waals surface area contributed by atoms with E-state index >= 15 is 0 Å². The first-order valence-corrected chi connectivity index (χ1v) is 8.93. The summed E-state index contributed by atoms with van der Waals surface area (Å²) in [6, 6.07) is 9.76. The van der Waals surface area contributed by atoms with Crippen molar-refractivity contribution in [1.82, 2.24) is 15.5 Å². The van der Waals surface area contributed by atoms with Gasteiger partial charge in [-0.25, -0.2) is 4.39 Å². The molecule has 0 unspecified atom stereocenters. The average Bonchev–Trinajstić information content (AvgIpc) is 3.33. The molecule has 0 aliphatic heterocycles. The highest BCUT2D eigenvalue weighted by Gasteiger charge is 2.25. The summed E-state index contributed by atoms with van der Waals surface area (Å²) in [6.45, 7) is -0.431. The van der Waals surface area contributed by atoms with Crippen molar-refractivity contribution in [1.29, 1.82) is 0 Å². The Bertz CT molecular complexity index is 1060. The van der Waals surface area contributed by atoms with E-state index < -0.39 is 24.4 Å². The normalized spacial score (nSPS) is 13.8. The van der Waals surface area contributed by atoms with E-state index in [4.69, 9.17) is 16.1 Å². The Morgan fingerprint density at radius 2 is 2.07 bits per heavy atom. The molecule has 0 saturated heterocycles. The molecule has 1 atom stereocenters. The molecule has 1 heterocycles. The number of fused-ring (bicyclic) bond motifs is 1. The van der Waals surface area contributed by atoms with Gasteiger partial charge in [0.2, 0.25) is 5.82 Å². The van der Waals surface area contributed by atoms with E-state index in [-0.39, 0.29) is 11.5 Å². The Labute approximate surface area is 164 Å². The molecule has 1 aliphatic carbocycles. The zero-order chi connectivity index (χ0) is 19.7. The molecule has 4 rings (SSSR count). The van der Waals surface area contributed by atoms with Crippen LogP contribution in [0.3, 0.4) is 0 Å². The van der Waals surface area contributed by atoms with Crippen LogP contribution < -0.4 is 5.32 Å². The van der Waals surface area contributed by atoms with Crippen LogP contribution in [-0.2, 0) is 6.42 Å². The molecule has 0 bridgehead atoms. The minimum Gasteiger partial charge on any atom is -0.394 e. The highest BCUT2D eigenvalue weighted by Crippen LogP contribution is 2.33. The van der Waals surface area contributed by atoms with E-state index in [2.05, 4.69) is 15.5 Å². The van der Waals surface area contributed by atoms with Crippen LogP contribution in [-0.4, -0.2) is 27.8 Å². The minimum absolute atomic E-state index is 0.0799. The molecule has 0 saturated carbocycles. The Kier molecular flexibility index (Phi) is 4.93. The Hall–Kier alpha value is -3.03. The van der Waals surface area contributed by atoms with E-state index in [0.717, 1.165) is 16.7 Å². The molecule has 2 N–H and O–H groups in total. The average molecular weight is 400 g/mol. The SMILES string of the molecule is O=C(N[C@@H](CO)c1nc(C2=CCc3cc(Cl)ccc32)no1)c1ccc(F)cc1. The monoisotopic (exact) mass is 399 g/mol. The number of nitrogens with one attached hydrogen (secondary N) is 1. The second-order valence-electron chi connectivity index (χ2n) is 6.30. The Morgan fingerprint density at radius 3 is 2.82 bits per heavy atom. The van der Waals surface area contributed by atoms with Crippen LogP contribution in [0.1, 0.15) is 39.2 Å². The molecule has 142 valence electrons. The molecule has 1 amide bonds. The summed E-state index contributed by atoms with van der Waals surface area (Å²) in [4.78, 5) is 16.6. The number of carbonyl (C=O) groups excluding carboxylic acids is 1. The van der Waals surface area contributed by atoms with Crippen molar-refractivity contribution in [3.05, 3.63) is 87.8 Å². The summed E-state index contributed by atoms with van der Waals surface area (Å²) in [5.41, 5.74) is 3.09. The lowest BCUT2D eigenvalue weighted by Gasteiger charge is -2.12. The number of nitrogens with zero attached hydrogens (tertiary/aromatic N) is 2.